The molecule has 0 saturated carbocycles. The number of nitrogens with two attached hydrogens (primary N) is 2. The van der Waals surface area contributed by atoms with Crippen LogP contribution in [0.5, 0.6) is 0 Å². The van der Waals surface area contributed by atoms with Gasteiger partial charge in [-0.25, -0.2) is 14.8 Å². The van der Waals surface area contributed by atoms with Gasteiger partial charge in [0.15, 0.2) is 0 Å². The highest BCUT2D eigenvalue weighted by atomic mass is 16.4. The molecule has 22 heteroatoms. The first-order valence-electron chi connectivity index (χ1n) is 17.7. The van der Waals surface area contributed by atoms with E-state index in [0.29, 0.717) is 24.2 Å². The maximum atomic E-state index is 13.5. The van der Waals surface area contributed by atoms with E-state index in [9.17, 15) is 48.9 Å². The number of aliphatic hydroxyl groups excluding tert-OH is 2. The molecule has 0 aliphatic heterocycles. The van der Waals surface area contributed by atoms with Crippen LogP contribution in [-0.4, -0.2) is 138 Å². The molecule has 0 aliphatic rings. The number of nitrogens with one attached hydrogen (secondary N) is 8. The summed E-state index contributed by atoms with van der Waals surface area (Å²) in [6, 6.07) is -9.39. The molecule has 6 amide bonds. The van der Waals surface area contributed by atoms with Crippen molar-refractivity contribution >= 4 is 41.4 Å². The number of rotatable bonds is 24. The summed E-state index contributed by atoms with van der Waals surface area (Å²) in [5, 5.41) is 44.4. The maximum Gasteiger partial charge on any atom is 0.326 e. The number of aromatic amines is 2. The number of aliphatic hydroxyl groups is 2. The van der Waals surface area contributed by atoms with Gasteiger partial charge in [0.1, 0.15) is 36.3 Å². The van der Waals surface area contributed by atoms with Gasteiger partial charge in [0.2, 0.25) is 35.4 Å². The van der Waals surface area contributed by atoms with E-state index in [4.69, 9.17) is 11.5 Å². The summed E-state index contributed by atoms with van der Waals surface area (Å²) >= 11 is 0. The molecule has 0 radical (unpaired) electrons. The highest BCUT2D eigenvalue weighted by Crippen LogP contribution is 2.08. The molecule has 0 aliphatic carbocycles. The fourth-order valence-corrected chi connectivity index (χ4v) is 5.15. The van der Waals surface area contributed by atoms with Crippen molar-refractivity contribution in [3.05, 3.63) is 36.4 Å². The first-order chi connectivity index (χ1) is 26.0. The fraction of sp³-hybridized carbons (Fsp3) is 0.606. The van der Waals surface area contributed by atoms with Gasteiger partial charge < -0.3 is 68.7 Å². The smallest absolute Gasteiger partial charge is 0.326 e. The van der Waals surface area contributed by atoms with Gasteiger partial charge in [-0.3, -0.25) is 28.8 Å². The molecule has 2 rings (SSSR count). The van der Waals surface area contributed by atoms with Crippen LogP contribution in [0.3, 0.4) is 0 Å². The van der Waals surface area contributed by atoms with Crippen LogP contribution in [0, 0.1) is 5.92 Å². The van der Waals surface area contributed by atoms with Crippen molar-refractivity contribution in [2.24, 2.45) is 17.4 Å². The molecule has 2 aromatic rings. The number of aliphatic carboxylic acids is 1. The van der Waals surface area contributed by atoms with Crippen LogP contribution in [0.4, 0.5) is 0 Å². The predicted octanol–water partition coefficient (Wildman–Crippen LogP) is -4.58. The van der Waals surface area contributed by atoms with Gasteiger partial charge >= 0.3 is 5.97 Å². The summed E-state index contributed by atoms with van der Waals surface area (Å²) in [6.07, 6.45) is 5.00. The number of carboxylic acids is 1. The lowest BCUT2D eigenvalue weighted by Gasteiger charge is -2.29. The van der Waals surface area contributed by atoms with E-state index in [1.165, 1.54) is 38.9 Å². The number of aromatic nitrogens is 4. The van der Waals surface area contributed by atoms with Gasteiger partial charge in [-0.05, 0) is 45.6 Å². The van der Waals surface area contributed by atoms with E-state index >= 15 is 0 Å². The van der Waals surface area contributed by atoms with Crippen LogP contribution >= 0.6 is 0 Å². The molecule has 0 aromatic carbocycles. The average Bonchev–Trinajstić information content (AvgIpc) is 3.85. The Morgan fingerprint density at radius 3 is 1.73 bits per heavy atom. The standard InChI is InChI=1S/C33H54N12O10/c1-16(2)25(44-27(48)17(3)40-30(51)24(13-46)43-28(49)21(35)9-19-11-36-14-38-19)31(52)45-26(18(4)47)32(53)41-22(7-5-6-8-34)29(50)42-23(33(54)55)10-20-12-37-15-39-20/h11-12,14-18,21-26,46-47H,5-10,13,34-35H2,1-4H3,(H,36,38)(H,37,39)(H,40,51)(H,41,53)(H,42,50)(H,43,49)(H,44,48)(H,45,52)(H,54,55)/t17-,18+,21-,22-,23-,24-,25-,26-/m0/s1. The molecule has 0 unspecified atom stereocenters. The second-order valence-corrected chi connectivity index (χ2v) is 13.3. The molecule has 15 N–H and O–H groups in total. The number of hydrogen-bond donors (Lipinski definition) is 13. The maximum absolute atomic E-state index is 13.5. The van der Waals surface area contributed by atoms with Crippen molar-refractivity contribution in [3.8, 4) is 0 Å². The molecule has 55 heavy (non-hydrogen) atoms. The topological polar surface area (TPSA) is 362 Å². The van der Waals surface area contributed by atoms with Crippen molar-refractivity contribution in [2.75, 3.05) is 13.2 Å². The Morgan fingerprint density at radius 1 is 0.691 bits per heavy atom. The number of H-pyrrole nitrogens is 2. The molecule has 8 atom stereocenters. The molecular weight excluding hydrogens is 724 g/mol. The van der Waals surface area contributed by atoms with Gasteiger partial charge in [-0.1, -0.05) is 13.8 Å². The van der Waals surface area contributed by atoms with Gasteiger partial charge in [-0.15, -0.1) is 0 Å². The van der Waals surface area contributed by atoms with Crippen LogP contribution in [0.15, 0.2) is 25.0 Å². The summed E-state index contributed by atoms with van der Waals surface area (Å²) in [5.41, 5.74) is 12.5. The zero-order valence-corrected chi connectivity index (χ0v) is 31.2. The number of carbonyl (C=O) groups excluding carboxylic acids is 6. The van der Waals surface area contributed by atoms with E-state index in [0.717, 1.165) is 0 Å². The van der Waals surface area contributed by atoms with Crippen LogP contribution < -0.4 is 43.4 Å². The Labute approximate surface area is 317 Å². The van der Waals surface area contributed by atoms with Crippen molar-refractivity contribution in [1.29, 1.82) is 0 Å². The molecule has 0 spiro atoms. The number of unbranched alkanes of at least 4 members (excludes halogenated alkanes) is 1. The van der Waals surface area contributed by atoms with E-state index in [1.54, 1.807) is 13.8 Å². The lowest BCUT2D eigenvalue weighted by molar-refractivity contribution is -0.142. The van der Waals surface area contributed by atoms with Gasteiger partial charge in [0, 0.05) is 36.6 Å². The Balaban J connectivity index is 2.08. The van der Waals surface area contributed by atoms with Crippen molar-refractivity contribution in [1.82, 2.24) is 51.8 Å². The molecule has 0 fully saturated rings. The summed E-state index contributed by atoms with van der Waals surface area (Å²) in [7, 11) is 0. The van der Waals surface area contributed by atoms with Crippen LogP contribution in [0.25, 0.3) is 0 Å². The largest absolute Gasteiger partial charge is 0.480 e. The average molecular weight is 779 g/mol. The first-order valence-corrected chi connectivity index (χ1v) is 17.7. The normalized spacial score (nSPS) is 15.6. The summed E-state index contributed by atoms with van der Waals surface area (Å²) < 4.78 is 0. The number of imidazole rings is 2. The summed E-state index contributed by atoms with van der Waals surface area (Å²) in [6.45, 7) is 5.18. The number of amides is 6. The monoisotopic (exact) mass is 778 g/mol. The lowest BCUT2D eigenvalue weighted by Crippen LogP contribution is -2.62. The quantitative estimate of drug-likeness (QED) is 0.0447. The fourth-order valence-electron chi connectivity index (χ4n) is 5.15. The minimum Gasteiger partial charge on any atom is -0.480 e. The third-order valence-corrected chi connectivity index (χ3v) is 8.38. The second-order valence-electron chi connectivity index (χ2n) is 13.3. The molecule has 0 bridgehead atoms. The molecule has 2 heterocycles. The third-order valence-electron chi connectivity index (χ3n) is 8.38. The van der Waals surface area contributed by atoms with Gasteiger partial charge in [0.05, 0.1) is 31.4 Å². The minimum absolute atomic E-state index is 0.0543. The number of carbonyl (C=O) groups is 7. The molecule has 306 valence electrons. The van der Waals surface area contributed by atoms with Crippen molar-refractivity contribution in [2.45, 2.75) is 108 Å². The second kappa shape index (κ2) is 22.7. The van der Waals surface area contributed by atoms with Crippen molar-refractivity contribution in [3.63, 3.8) is 0 Å². The van der Waals surface area contributed by atoms with E-state index < -0.39 is 102 Å². The highest BCUT2D eigenvalue weighted by molar-refractivity contribution is 5.97. The van der Waals surface area contributed by atoms with E-state index in [1.807, 2.05) is 0 Å². The Hall–Kier alpha value is -5.45. The molecule has 2 aromatic heterocycles. The summed E-state index contributed by atoms with van der Waals surface area (Å²) in [4.78, 5) is 104. The Kier molecular flexibility index (Phi) is 18.9. The minimum atomic E-state index is -1.62. The highest BCUT2D eigenvalue weighted by Gasteiger charge is 2.35. The van der Waals surface area contributed by atoms with Crippen LogP contribution in [-0.2, 0) is 46.4 Å². The Bertz CT molecular complexity index is 1550. The van der Waals surface area contributed by atoms with Crippen LogP contribution in [0.1, 0.15) is 58.3 Å². The van der Waals surface area contributed by atoms with Gasteiger partial charge in [0.25, 0.3) is 0 Å². The first kappa shape index (κ1) is 45.7. The number of carboxylic acid groups (broad SMARTS) is 1. The number of hydrogen-bond acceptors (Lipinski definition) is 13. The third kappa shape index (κ3) is 15.1. The van der Waals surface area contributed by atoms with E-state index in [2.05, 4.69) is 51.8 Å². The number of nitrogens with zero attached hydrogens (tertiary/aromatic N) is 2. The SMILES string of the molecule is CC(C)[C@H](NC(=O)[C@H](C)NC(=O)[C@H](CO)NC(=O)[C@@H](N)Cc1cnc[nH]1)C(=O)N[C@H](C(=O)N[C@@H](CCCCN)C(=O)N[C@@H](Cc1cnc[nH]1)C(=O)O)[C@@H](C)O. The summed E-state index contributed by atoms with van der Waals surface area (Å²) in [5.74, 6) is -7.08. The van der Waals surface area contributed by atoms with Crippen molar-refractivity contribution < 1.29 is 48.9 Å². The molecule has 22 nitrogen and oxygen atoms in total. The molecular formula is C33H54N12O10. The Morgan fingerprint density at radius 2 is 1.22 bits per heavy atom. The zero-order valence-electron chi connectivity index (χ0n) is 31.2. The van der Waals surface area contributed by atoms with E-state index in [-0.39, 0.29) is 25.8 Å². The zero-order chi connectivity index (χ0) is 41.2. The van der Waals surface area contributed by atoms with Crippen LogP contribution in [0.2, 0.25) is 0 Å². The van der Waals surface area contributed by atoms with Gasteiger partial charge in [-0.2, -0.15) is 0 Å². The molecule has 0 saturated heterocycles. The predicted molar refractivity (Wildman–Crippen MR) is 194 cm³/mol. The lowest BCUT2D eigenvalue weighted by atomic mass is 10.0.